The summed E-state index contributed by atoms with van der Waals surface area (Å²) in [4.78, 5) is 15.6. The molecule has 2 N–H and O–H groups in total. The summed E-state index contributed by atoms with van der Waals surface area (Å²) in [6.07, 6.45) is 2.82. The van der Waals surface area contributed by atoms with Gasteiger partial charge in [0.25, 0.3) is 0 Å². The number of anilines is 3. The second-order valence-corrected chi connectivity index (χ2v) is 4.34. The van der Waals surface area contributed by atoms with E-state index in [4.69, 9.17) is 0 Å². The van der Waals surface area contributed by atoms with E-state index in [1.807, 2.05) is 6.92 Å². The van der Waals surface area contributed by atoms with E-state index in [-0.39, 0.29) is 11.7 Å². The zero-order chi connectivity index (χ0) is 14.4. The molecule has 104 valence electrons. The maximum absolute atomic E-state index is 13.5. The van der Waals surface area contributed by atoms with E-state index < -0.39 is 0 Å². The summed E-state index contributed by atoms with van der Waals surface area (Å²) in [6.45, 7) is 1.94. The van der Waals surface area contributed by atoms with E-state index >= 15 is 0 Å². The standard InChI is InChI=1S/C15H16FN3O/c1-2-5-15(20)18-11-8-9-14(17-10-11)19-13-7-4-3-6-12(13)16/h3-4,6-10H,2,5H2,1H3,(H,17,19)(H,18,20). The van der Waals surface area contributed by atoms with Gasteiger partial charge in [-0.2, -0.15) is 0 Å². The normalized spacial score (nSPS) is 10.1. The molecule has 0 radical (unpaired) electrons. The van der Waals surface area contributed by atoms with Gasteiger partial charge in [0, 0.05) is 6.42 Å². The monoisotopic (exact) mass is 273 g/mol. The van der Waals surface area contributed by atoms with E-state index in [9.17, 15) is 9.18 Å². The minimum atomic E-state index is -0.338. The molecule has 0 aliphatic carbocycles. The topological polar surface area (TPSA) is 54.0 Å². The van der Waals surface area contributed by atoms with Crippen LogP contribution in [0.25, 0.3) is 0 Å². The predicted octanol–water partition coefficient (Wildman–Crippen LogP) is 3.70. The molecule has 1 aromatic carbocycles. The van der Waals surface area contributed by atoms with Crippen molar-refractivity contribution in [3.05, 3.63) is 48.4 Å². The second kappa shape index (κ2) is 6.65. The number of nitrogens with one attached hydrogen (secondary N) is 2. The molecular formula is C15H16FN3O. The largest absolute Gasteiger partial charge is 0.338 e. The van der Waals surface area contributed by atoms with Gasteiger partial charge in [0.05, 0.1) is 17.6 Å². The first-order chi connectivity index (χ1) is 9.69. The van der Waals surface area contributed by atoms with E-state index in [1.54, 1.807) is 30.3 Å². The number of halogens is 1. The van der Waals surface area contributed by atoms with Crippen molar-refractivity contribution in [3.8, 4) is 0 Å². The van der Waals surface area contributed by atoms with Gasteiger partial charge in [0.15, 0.2) is 0 Å². The lowest BCUT2D eigenvalue weighted by atomic mass is 10.3. The third kappa shape index (κ3) is 3.78. The SMILES string of the molecule is CCCC(=O)Nc1ccc(Nc2ccccc2F)nc1. The minimum absolute atomic E-state index is 0.0379. The molecule has 0 bridgehead atoms. The lowest BCUT2D eigenvalue weighted by molar-refractivity contribution is -0.116. The molecule has 20 heavy (non-hydrogen) atoms. The molecule has 0 aliphatic heterocycles. The van der Waals surface area contributed by atoms with Gasteiger partial charge in [-0.15, -0.1) is 0 Å². The Bertz CT molecular complexity index is 584. The number of carbonyl (C=O) groups is 1. The Balaban J connectivity index is 2.02. The van der Waals surface area contributed by atoms with Gasteiger partial charge < -0.3 is 10.6 Å². The van der Waals surface area contributed by atoms with Gasteiger partial charge >= 0.3 is 0 Å². The van der Waals surface area contributed by atoms with E-state index in [0.717, 1.165) is 6.42 Å². The summed E-state index contributed by atoms with van der Waals surface area (Å²) < 4.78 is 13.5. The Hall–Kier alpha value is -2.43. The van der Waals surface area contributed by atoms with Crippen LogP contribution in [0.1, 0.15) is 19.8 Å². The number of para-hydroxylation sites is 1. The molecule has 1 aromatic heterocycles. The maximum Gasteiger partial charge on any atom is 0.224 e. The fraction of sp³-hybridized carbons (Fsp3) is 0.200. The number of carbonyl (C=O) groups excluding carboxylic acids is 1. The van der Waals surface area contributed by atoms with Crippen LogP contribution in [-0.2, 0) is 4.79 Å². The molecule has 0 saturated heterocycles. The lowest BCUT2D eigenvalue weighted by Gasteiger charge is -2.08. The fourth-order valence-corrected chi connectivity index (χ4v) is 1.69. The van der Waals surface area contributed by atoms with Crippen molar-refractivity contribution in [2.75, 3.05) is 10.6 Å². The highest BCUT2D eigenvalue weighted by Gasteiger charge is 2.03. The van der Waals surface area contributed by atoms with Crippen LogP contribution in [0.5, 0.6) is 0 Å². The Morgan fingerprint density at radius 2 is 2.05 bits per heavy atom. The quantitative estimate of drug-likeness (QED) is 0.873. The molecule has 2 aromatic rings. The van der Waals surface area contributed by atoms with Crippen LogP contribution in [0.3, 0.4) is 0 Å². The maximum atomic E-state index is 13.5. The first kappa shape index (κ1) is 14.0. The van der Waals surface area contributed by atoms with Crippen molar-refractivity contribution in [2.45, 2.75) is 19.8 Å². The molecule has 0 spiro atoms. The summed E-state index contributed by atoms with van der Waals surface area (Å²) in [5.41, 5.74) is 0.991. The molecule has 0 aliphatic rings. The molecular weight excluding hydrogens is 257 g/mol. The van der Waals surface area contributed by atoms with Crippen molar-refractivity contribution < 1.29 is 9.18 Å². The van der Waals surface area contributed by atoms with Crippen molar-refractivity contribution in [1.29, 1.82) is 0 Å². The highest BCUT2D eigenvalue weighted by molar-refractivity contribution is 5.90. The molecule has 0 atom stereocenters. The zero-order valence-electron chi connectivity index (χ0n) is 11.2. The summed E-state index contributed by atoms with van der Waals surface area (Å²) >= 11 is 0. The third-order valence-corrected chi connectivity index (χ3v) is 2.66. The average Bonchev–Trinajstić information content (AvgIpc) is 2.44. The van der Waals surface area contributed by atoms with Crippen LogP contribution < -0.4 is 10.6 Å². The second-order valence-electron chi connectivity index (χ2n) is 4.34. The fourth-order valence-electron chi connectivity index (χ4n) is 1.69. The molecule has 0 fully saturated rings. The number of aromatic nitrogens is 1. The van der Waals surface area contributed by atoms with Crippen LogP contribution in [0.4, 0.5) is 21.6 Å². The van der Waals surface area contributed by atoms with E-state index in [1.165, 1.54) is 12.3 Å². The number of rotatable bonds is 5. The van der Waals surface area contributed by atoms with Crippen LogP contribution in [0.15, 0.2) is 42.6 Å². The van der Waals surface area contributed by atoms with Crippen molar-refractivity contribution in [1.82, 2.24) is 4.98 Å². The van der Waals surface area contributed by atoms with Crippen LogP contribution in [0, 0.1) is 5.82 Å². The molecule has 0 unspecified atom stereocenters. The highest BCUT2D eigenvalue weighted by Crippen LogP contribution is 2.18. The Kier molecular flexibility index (Phi) is 4.65. The van der Waals surface area contributed by atoms with Gasteiger partial charge in [0.1, 0.15) is 11.6 Å². The van der Waals surface area contributed by atoms with Crippen molar-refractivity contribution in [2.24, 2.45) is 0 Å². The molecule has 1 amide bonds. The minimum Gasteiger partial charge on any atom is -0.338 e. The number of amides is 1. The molecule has 5 heteroatoms. The van der Waals surface area contributed by atoms with Gasteiger partial charge in [-0.05, 0) is 30.7 Å². The van der Waals surface area contributed by atoms with Gasteiger partial charge in [-0.1, -0.05) is 19.1 Å². The van der Waals surface area contributed by atoms with Gasteiger partial charge in [-0.3, -0.25) is 4.79 Å². The summed E-state index contributed by atoms with van der Waals surface area (Å²) in [5.74, 6) is 0.141. The van der Waals surface area contributed by atoms with Crippen LogP contribution in [0.2, 0.25) is 0 Å². The smallest absolute Gasteiger partial charge is 0.224 e. The third-order valence-electron chi connectivity index (χ3n) is 2.66. The van der Waals surface area contributed by atoms with E-state index in [2.05, 4.69) is 15.6 Å². The summed E-state index contributed by atoms with van der Waals surface area (Å²) in [6, 6.07) is 9.79. The highest BCUT2D eigenvalue weighted by atomic mass is 19.1. The summed E-state index contributed by atoms with van der Waals surface area (Å²) in [7, 11) is 0. The molecule has 4 nitrogen and oxygen atoms in total. The van der Waals surface area contributed by atoms with Gasteiger partial charge in [-0.25, -0.2) is 9.37 Å². The molecule has 2 rings (SSSR count). The number of benzene rings is 1. The van der Waals surface area contributed by atoms with E-state index in [0.29, 0.717) is 23.6 Å². The first-order valence-electron chi connectivity index (χ1n) is 6.46. The van der Waals surface area contributed by atoms with Crippen LogP contribution >= 0.6 is 0 Å². The van der Waals surface area contributed by atoms with Crippen molar-refractivity contribution in [3.63, 3.8) is 0 Å². The number of pyridine rings is 1. The Labute approximate surface area is 117 Å². The summed E-state index contributed by atoms with van der Waals surface area (Å²) in [5, 5.41) is 5.62. The lowest BCUT2D eigenvalue weighted by Crippen LogP contribution is -2.10. The Morgan fingerprint density at radius 1 is 1.25 bits per heavy atom. The predicted molar refractivity (Wildman–Crippen MR) is 77.5 cm³/mol. The molecule has 1 heterocycles. The Morgan fingerprint density at radius 3 is 2.70 bits per heavy atom. The van der Waals surface area contributed by atoms with Crippen LogP contribution in [-0.4, -0.2) is 10.9 Å². The average molecular weight is 273 g/mol. The van der Waals surface area contributed by atoms with Gasteiger partial charge in [0.2, 0.25) is 5.91 Å². The number of hydrogen-bond donors (Lipinski definition) is 2. The number of nitrogens with zero attached hydrogens (tertiary/aromatic N) is 1. The zero-order valence-corrected chi connectivity index (χ0v) is 11.2. The molecule has 0 saturated carbocycles. The first-order valence-corrected chi connectivity index (χ1v) is 6.46. The van der Waals surface area contributed by atoms with Crippen molar-refractivity contribution >= 4 is 23.1 Å². The number of hydrogen-bond acceptors (Lipinski definition) is 3.